The summed E-state index contributed by atoms with van der Waals surface area (Å²) in [5.74, 6) is 1.41. The highest BCUT2D eigenvalue weighted by Crippen LogP contribution is 2.20. The van der Waals surface area contributed by atoms with Crippen molar-refractivity contribution in [3.8, 4) is 5.75 Å². The predicted octanol–water partition coefficient (Wildman–Crippen LogP) is 3.23. The van der Waals surface area contributed by atoms with Gasteiger partial charge in [0.2, 0.25) is 0 Å². The molecule has 0 spiro atoms. The van der Waals surface area contributed by atoms with Gasteiger partial charge >= 0.3 is 0 Å². The first-order valence-electron chi connectivity index (χ1n) is 6.57. The van der Waals surface area contributed by atoms with Crippen LogP contribution in [0, 0.1) is 13.8 Å². The average molecular weight is 289 g/mol. The second-order valence-corrected chi connectivity index (χ2v) is 5.75. The highest BCUT2D eigenvalue weighted by Gasteiger charge is 2.08. The normalized spacial score (nSPS) is 12.2. The summed E-state index contributed by atoms with van der Waals surface area (Å²) in [5.41, 5.74) is 2.24. The standard InChI is InChI=1S/C16H19NO2S/c1-12-6-7-13(2)15(9-12)19-10-14(18)11-20-16-5-3-4-8-17-16/h3-9,14,18H,10-11H2,1-2H3/t14-/m1/s1. The van der Waals surface area contributed by atoms with E-state index in [0.29, 0.717) is 12.4 Å². The Hall–Kier alpha value is -1.52. The SMILES string of the molecule is Cc1ccc(C)c(OC[C@@H](O)CSc2ccccn2)c1. The fourth-order valence-corrected chi connectivity index (χ4v) is 2.48. The Morgan fingerprint density at radius 1 is 1.25 bits per heavy atom. The van der Waals surface area contributed by atoms with Crippen molar-refractivity contribution < 1.29 is 9.84 Å². The summed E-state index contributed by atoms with van der Waals surface area (Å²) in [4.78, 5) is 4.21. The number of hydrogen-bond acceptors (Lipinski definition) is 4. The summed E-state index contributed by atoms with van der Waals surface area (Å²) in [6.45, 7) is 4.33. The molecule has 2 aromatic rings. The van der Waals surface area contributed by atoms with Crippen LogP contribution >= 0.6 is 11.8 Å². The minimum Gasteiger partial charge on any atom is -0.491 e. The lowest BCUT2D eigenvalue weighted by Crippen LogP contribution is -2.20. The van der Waals surface area contributed by atoms with Crippen molar-refractivity contribution in [2.45, 2.75) is 25.0 Å². The largest absolute Gasteiger partial charge is 0.491 e. The van der Waals surface area contributed by atoms with Crippen molar-refractivity contribution in [3.63, 3.8) is 0 Å². The molecule has 2 rings (SSSR count). The monoisotopic (exact) mass is 289 g/mol. The first-order chi connectivity index (χ1) is 9.65. The fourth-order valence-electron chi connectivity index (χ4n) is 1.71. The van der Waals surface area contributed by atoms with E-state index in [2.05, 4.69) is 11.1 Å². The zero-order chi connectivity index (χ0) is 14.4. The van der Waals surface area contributed by atoms with Crippen LogP contribution in [0.2, 0.25) is 0 Å². The smallest absolute Gasteiger partial charge is 0.122 e. The quantitative estimate of drug-likeness (QED) is 0.829. The molecule has 1 heterocycles. The maximum absolute atomic E-state index is 9.96. The third kappa shape index (κ3) is 4.54. The lowest BCUT2D eigenvalue weighted by Gasteiger charge is -2.14. The van der Waals surface area contributed by atoms with Gasteiger partial charge in [-0.25, -0.2) is 4.98 Å². The van der Waals surface area contributed by atoms with E-state index >= 15 is 0 Å². The van der Waals surface area contributed by atoms with E-state index in [9.17, 15) is 5.11 Å². The number of aliphatic hydroxyl groups excluding tert-OH is 1. The van der Waals surface area contributed by atoms with E-state index < -0.39 is 6.10 Å². The van der Waals surface area contributed by atoms with Gasteiger partial charge in [-0.15, -0.1) is 11.8 Å². The highest BCUT2D eigenvalue weighted by molar-refractivity contribution is 7.99. The maximum Gasteiger partial charge on any atom is 0.122 e. The molecule has 1 aromatic heterocycles. The second kappa shape index (κ2) is 7.31. The van der Waals surface area contributed by atoms with Crippen LogP contribution < -0.4 is 4.74 Å². The number of aliphatic hydroxyl groups is 1. The van der Waals surface area contributed by atoms with Crippen molar-refractivity contribution in [2.24, 2.45) is 0 Å². The predicted molar refractivity (Wildman–Crippen MR) is 82.4 cm³/mol. The number of rotatable bonds is 6. The van der Waals surface area contributed by atoms with Crippen LogP contribution in [0.15, 0.2) is 47.6 Å². The third-order valence-electron chi connectivity index (χ3n) is 2.84. The summed E-state index contributed by atoms with van der Waals surface area (Å²) >= 11 is 1.53. The van der Waals surface area contributed by atoms with Gasteiger partial charge in [-0.1, -0.05) is 18.2 Å². The second-order valence-electron chi connectivity index (χ2n) is 4.71. The molecule has 0 saturated heterocycles. The summed E-state index contributed by atoms with van der Waals surface area (Å²) < 4.78 is 5.68. The van der Waals surface area contributed by atoms with Gasteiger partial charge in [0.25, 0.3) is 0 Å². The van der Waals surface area contributed by atoms with Gasteiger partial charge in [0.1, 0.15) is 12.4 Å². The van der Waals surface area contributed by atoms with Gasteiger partial charge in [0, 0.05) is 11.9 Å². The van der Waals surface area contributed by atoms with E-state index in [0.717, 1.165) is 21.9 Å². The van der Waals surface area contributed by atoms with Crippen molar-refractivity contribution >= 4 is 11.8 Å². The van der Waals surface area contributed by atoms with E-state index in [1.807, 2.05) is 44.2 Å². The molecule has 0 saturated carbocycles. The topological polar surface area (TPSA) is 42.4 Å². The number of ether oxygens (including phenoxy) is 1. The van der Waals surface area contributed by atoms with E-state index in [4.69, 9.17) is 4.74 Å². The molecular formula is C16H19NO2S. The van der Waals surface area contributed by atoms with Crippen LogP contribution in [0.25, 0.3) is 0 Å². The first kappa shape index (κ1) is 14.9. The number of aryl methyl sites for hydroxylation is 2. The molecule has 1 aromatic carbocycles. The molecule has 4 heteroatoms. The lowest BCUT2D eigenvalue weighted by atomic mass is 10.1. The number of hydrogen-bond donors (Lipinski definition) is 1. The van der Waals surface area contributed by atoms with Gasteiger partial charge in [0.05, 0.1) is 11.1 Å². The molecule has 0 aliphatic rings. The molecule has 1 atom stereocenters. The number of benzene rings is 1. The van der Waals surface area contributed by atoms with Gasteiger partial charge in [0.15, 0.2) is 0 Å². The molecule has 0 aliphatic heterocycles. The van der Waals surface area contributed by atoms with Crippen molar-refractivity contribution in [3.05, 3.63) is 53.7 Å². The third-order valence-corrected chi connectivity index (χ3v) is 3.92. The minimum atomic E-state index is -0.512. The van der Waals surface area contributed by atoms with Crippen molar-refractivity contribution in [2.75, 3.05) is 12.4 Å². The van der Waals surface area contributed by atoms with Gasteiger partial charge in [-0.3, -0.25) is 0 Å². The van der Waals surface area contributed by atoms with E-state index in [1.54, 1.807) is 6.20 Å². The van der Waals surface area contributed by atoms with Crippen LogP contribution in [0.5, 0.6) is 5.75 Å². The Morgan fingerprint density at radius 2 is 2.10 bits per heavy atom. The van der Waals surface area contributed by atoms with Crippen LogP contribution in [-0.2, 0) is 0 Å². The molecule has 3 nitrogen and oxygen atoms in total. The number of nitrogens with zero attached hydrogens (tertiary/aromatic N) is 1. The fraction of sp³-hybridized carbons (Fsp3) is 0.312. The zero-order valence-corrected chi connectivity index (χ0v) is 12.6. The Labute approximate surface area is 124 Å². The van der Waals surface area contributed by atoms with Gasteiger partial charge in [-0.05, 0) is 43.2 Å². The molecule has 1 N–H and O–H groups in total. The molecule has 0 aliphatic carbocycles. The highest BCUT2D eigenvalue weighted by atomic mass is 32.2. The molecule has 0 radical (unpaired) electrons. The number of aromatic nitrogens is 1. The Bertz CT molecular complexity index is 545. The Balaban J connectivity index is 1.80. The molecule has 0 amide bonds. The molecule has 106 valence electrons. The molecule has 0 fully saturated rings. The summed E-state index contributed by atoms with van der Waals surface area (Å²) in [6, 6.07) is 11.8. The van der Waals surface area contributed by atoms with Crippen molar-refractivity contribution in [1.29, 1.82) is 0 Å². The number of thioether (sulfide) groups is 1. The van der Waals surface area contributed by atoms with Crippen LogP contribution in [-0.4, -0.2) is 28.6 Å². The molecule has 20 heavy (non-hydrogen) atoms. The summed E-state index contributed by atoms with van der Waals surface area (Å²) in [7, 11) is 0. The summed E-state index contributed by atoms with van der Waals surface area (Å²) in [5, 5.41) is 10.9. The van der Waals surface area contributed by atoms with Crippen molar-refractivity contribution in [1.82, 2.24) is 4.98 Å². The van der Waals surface area contributed by atoms with Gasteiger partial charge < -0.3 is 9.84 Å². The van der Waals surface area contributed by atoms with Crippen LogP contribution in [0.4, 0.5) is 0 Å². The maximum atomic E-state index is 9.96. The molecule has 0 unspecified atom stereocenters. The van der Waals surface area contributed by atoms with Crippen LogP contribution in [0.1, 0.15) is 11.1 Å². The number of pyridine rings is 1. The van der Waals surface area contributed by atoms with E-state index in [-0.39, 0.29) is 0 Å². The van der Waals surface area contributed by atoms with Gasteiger partial charge in [-0.2, -0.15) is 0 Å². The zero-order valence-electron chi connectivity index (χ0n) is 11.7. The minimum absolute atomic E-state index is 0.296. The molecular weight excluding hydrogens is 270 g/mol. The Kier molecular flexibility index (Phi) is 5.44. The average Bonchev–Trinajstić information content (AvgIpc) is 2.47. The lowest BCUT2D eigenvalue weighted by molar-refractivity contribution is 0.126. The van der Waals surface area contributed by atoms with Crippen LogP contribution in [0.3, 0.4) is 0 Å². The molecule has 0 bridgehead atoms. The first-order valence-corrected chi connectivity index (χ1v) is 7.55. The summed E-state index contributed by atoms with van der Waals surface area (Å²) in [6.07, 6.45) is 1.24. The Morgan fingerprint density at radius 3 is 2.85 bits per heavy atom. The van der Waals surface area contributed by atoms with E-state index in [1.165, 1.54) is 11.8 Å².